The average Bonchev–Trinajstić information content (AvgIpc) is 3.35. The van der Waals surface area contributed by atoms with E-state index in [1.165, 1.54) is 4.88 Å². The number of thiophene rings is 1. The number of H-pyrrole nitrogens is 1. The summed E-state index contributed by atoms with van der Waals surface area (Å²) in [5.74, 6) is 1.10. The summed E-state index contributed by atoms with van der Waals surface area (Å²) in [5.41, 5.74) is 0.0248. The molecule has 1 N–H and O–H groups in total. The van der Waals surface area contributed by atoms with E-state index in [2.05, 4.69) is 31.8 Å². The van der Waals surface area contributed by atoms with Crippen LogP contribution in [0.1, 0.15) is 63.6 Å². The van der Waals surface area contributed by atoms with Crippen LogP contribution in [0.25, 0.3) is 11.2 Å². The first-order valence-corrected chi connectivity index (χ1v) is 12.8. The highest BCUT2D eigenvalue weighted by atomic mass is 32.1. The van der Waals surface area contributed by atoms with Gasteiger partial charge in [-0.15, -0.1) is 11.3 Å². The monoisotopic (exact) mass is 471 g/mol. The molecule has 3 heterocycles. The van der Waals surface area contributed by atoms with Gasteiger partial charge in [-0.05, 0) is 36.6 Å². The number of hydrogen-bond acceptors (Lipinski definition) is 5. The van der Waals surface area contributed by atoms with Crippen molar-refractivity contribution in [3.8, 4) is 0 Å². The van der Waals surface area contributed by atoms with Gasteiger partial charge in [-0.25, -0.2) is 9.78 Å². The second-order valence-electron chi connectivity index (χ2n) is 9.30. The standard InChI is InChI=1S/C24H33N5O3S/c1-4-5-12-27-22-21(23(31)26-24(27)32)29(14-16(2)3)19(25-22)10-11-20(30)28(17-8-9-17)15-18-7-6-13-33-18/h6-7,13,16-17H,4-5,8-12,14-15H2,1-3H3,(H,26,31,32). The number of carbonyl (C=O) groups excluding carboxylic acids is 1. The Morgan fingerprint density at radius 2 is 2.09 bits per heavy atom. The van der Waals surface area contributed by atoms with Gasteiger partial charge >= 0.3 is 5.69 Å². The molecule has 0 radical (unpaired) electrons. The van der Waals surface area contributed by atoms with E-state index in [9.17, 15) is 14.4 Å². The third-order valence-corrected chi connectivity index (χ3v) is 6.89. The molecule has 0 saturated heterocycles. The fraction of sp³-hybridized carbons (Fsp3) is 0.583. The minimum Gasteiger partial charge on any atom is -0.335 e. The van der Waals surface area contributed by atoms with Crippen LogP contribution in [0.5, 0.6) is 0 Å². The fourth-order valence-electron chi connectivity index (χ4n) is 4.23. The van der Waals surface area contributed by atoms with Gasteiger partial charge < -0.3 is 9.47 Å². The summed E-state index contributed by atoms with van der Waals surface area (Å²) in [6.45, 7) is 7.99. The van der Waals surface area contributed by atoms with Gasteiger partial charge in [0.2, 0.25) is 5.91 Å². The fourth-order valence-corrected chi connectivity index (χ4v) is 4.94. The number of nitrogens with one attached hydrogen (secondary N) is 1. The topological polar surface area (TPSA) is 93.0 Å². The summed E-state index contributed by atoms with van der Waals surface area (Å²) in [6.07, 6.45) is 4.65. The van der Waals surface area contributed by atoms with Crippen molar-refractivity contribution >= 4 is 28.4 Å². The van der Waals surface area contributed by atoms with Crippen LogP contribution in [0.3, 0.4) is 0 Å². The largest absolute Gasteiger partial charge is 0.335 e. The minimum absolute atomic E-state index is 0.117. The molecule has 3 aromatic heterocycles. The Labute approximate surface area is 197 Å². The van der Waals surface area contributed by atoms with Gasteiger partial charge in [0.15, 0.2) is 11.2 Å². The third kappa shape index (κ3) is 5.29. The van der Waals surface area contributed by atoms with Crippen molar-refractivity contribution < 1.29 is 4.79 Å². The van der Waals surface area contributed by atoms with Gasteiger partial charge in [0, 0.05) is 36.9 Å². The van der Waals surface area contributed by atoms with E-state index in [1.54, 1.807) is 15.9 Å². The zero-order valence-corrected chi connectivity index (χ0v) is 20.5. The van der Waals surface area contributed by atoms with Crippen LogP contribution in [0, 0.1) is 5.92 Å². The Balaban J connectivity index is 1.63. The lowest BCUT2D eigenvalue weighted by atomic mass is 10.2. The highest BCUT2D eigenvalue weighted by Crippen LogP contribution is 2.30. The lowest BCUT2D eigenvalue weighted by Crippen LogP contribution is -2.32. The van der Waals surface area contributed by atoms with E-state index < -0.39 is 11.2 Å². The number of carbonyl (C=O) groups is 1. The summed E-state index contributed by atoms with van der Waals surface area (Å²) < 4.78 is 3.48. The first kappa shape index (κ1) is 23.5. The molecule has 0 aromatic carbocycles. The molecule has 1 amide bonds. The number of hydrogen-bond donors (Lipinski definition) is 1. The van der Waals surface area contributed by atoms with Gasteiger partial charge in [0.1, 0.15) is 5.82 Å². The molecule has 0 atom stereocenters. The van der Waals surface area contributed by atoms with E-state index in [1.807, 2.05) is 20.9 Å². The van der Waals surface area contributed by atoms with Crippen LogP contribution in [0.15, 0.2) is 27.1 Å². The third-order valence-electron chi connectivity index (χ3n) is 6.02. The van der Waals surface area contributed by atoms with Gasteiger partial charge in [0.25, 0.3) is 5.56 Å². The van der Waals surface area contributed by atoms with Crippen LogP contribution < -0.4 is 11.2 Å². The van der Waals surface area contributed by atoms with E-state index in [4.69, 9.17) is 4.98 Å². The van der Waals surface area contributed by atoms with E-state index in [-0.39, 0.29) is 11.8 Å². The number of aryl methyl sites for hydroxylation is 2. The van der Waals surface area contributed by atoms with Crippen molar-refractivity contribution in [1.82, 2.24) is 24.0 Å². The number of amides is 1. The molecular weight excluding hydrogens is 438 g/mol. The van der Waals surface area contributed by atoms with Crippen LogP contribution >= 0.6 is 11.3 Å². The number of aromatic nitrogens is 4. The molecule has 0 aliphatic heterocycles. The Bertz CT molecular complexity index is 1220. The summed E-state index contributed by atoms with van der Waals surface area (Å²) in [5, 5.41) is 2.04. The molecule has 1 saturated carbocycles. The predicted molar refractivity (Wildman–Crippen MR) is 131 cm³/mol. The number of rotatable bonds is 11. The van der Waals surface area contributed by atoms with E-state index in [0.29, 0.717) is 55.5 Å². The van der Waals surface area contributed by atoms with E-state index >= 15 is 0 Å². The van der Waals surface area contributed by atoms with Crippen molar-refractivity contribution in [2.24, 2.45) is 5.92 Å². The van der Waals surface area contributed by atoms with Gasteiger partial charge in [-0.3, -0.25) is 19.1 Å². The summed E-state index contributed by atoms with van der Waals surface area (Å²) >= 11 is 1.67. The van der Waals surface area contributed by atoms with Crippen molar-refractivity contribution in [1.29, 1.82) is 0 Å². The molecule has 3 aromatic rings. The second kappa shape index (κ2) is 10.1. The average molecular weight is 472 g/mol. The van der Waals surface area contributed by atoms with Gasteiger partial charge in [-0.1, -0.05) is 33.3 Å². The molecule has 8 nitrogen and oxygen atoms in total. The van der Waals surface area contributed by atoms with Gasteiger partial charge in [-0.2, -0.15) is 0 Å². The van der Waals surface area contributed by atoms with Crippen LogP contribution in [-0.2, 0) is 30.8 Å². The van der Waals surface area contributed by atoms with Crippen molar-refractivity contribution in [2.45, 2.75) is 85.0 Å². The summed E-state index contributed by atoms with van der Waals surface area (Å²) in [4.78, 5) is 48.8. The number of imidazole rings is 1. The molecular formula is C24H33N5O3S. The zero-order chi connectivity index (χ0) is 23.5. The number of fused-ring (bicyclic) bond motifs is 1. The molecule has 1 aliphatic carbocycles. The van der Waals surface area contributed by atoms with Crippen LogP contribution in [0.2, 0.25) is 0 Å². The maximum absolute atomic E-state index is 13.2. The molecule has 0 bridgehead atoms. The lowest BCUT2D eigenvalue weighted by molar-refractivity contribution is -0.132. The maximum Gasteiger partial charge on any atom is 0.330 e. The molecule has 0 spiro atoms. The molecule has 33 heavy (non-hydrogen) atoms. The first-order chi connectivity index (χ1) is 15.9. The van der Waals surface area contributed by atoms with Crippen molar-refractivity contribution in [3.05, 3.63) is 49.1 Å². The molecule has 4 rings (SSSR count). The first-order valence-electron chi connectivity index (χ1n) is 11.9. The SMILES string of the molecule is CCCCn1c(=O)[nH]c(=O)c2c1nc(CCC(=O)N(Cc1cccs1)C1CC1)n2CC(C)C. The highest BCUT2D eigenvalue weighted by Gasteiger charge is 2.32. The molecule has 1 fully saturated rings. The summed E-state index contributed by atoms with van der Waals surface area (Å²) in [7, 11) is 0. The quantitative estimate of drug-likeness (QED) is 0.463. The molecule has 9 heteroatoms. The Kier molecular flexibility index (Phi) is 7.17. The van der Waals surface area contributed by atoms with Crippen molar-refractivity contribution in [3.63, 3.8) is 0 Å². The molecule has 1 aliphatic rings. The Morgan fingerprint density at radius 3 is 2.73 bits per heavy atom. The summed E-state index contributed by atoms with van der Waals surface area (Å²) in [6, 6.07) is 4.41. The highest BCUT2D eigenvalue weighted by molar-refractivity contribution is 7.09. The van der Waals surface area contributed by atoms with Crippen LogP contribution in [-0.4, -0.2) is 36.0 Å². The van der Waals surface area contributed by atoms with Crippen molar-refractivity contribution in [2.75, 3.05) is 0 Å². The van der Waals surface area contributed by atoms with Gasteiger partial charge in [0.05, 0.1) is 6.54 Å². The number of unbranched alkanes of at least 4 members (excludes halogenated alkanes) is 1. The molecule has 178 valence electrons. The number of nitrogens with zero attached hydrogens (tertiary/aromatic N) is 4. The minimum atomic E-state index is -0.423. The Hall–Kier alpha value is -2.68. The lowest BCUT2D eigenvalue weighted by Gasteiger charge is -2.22. The normalized spacial score (nSPS) is 13.8. The second-order valence-corrected chi connectivity index (χ2v) is 10.3. The smallest absolute Gasteiger partial charge is 0.330 e. The number of aromatic amines is 1. The maximum atomic E-state index is 13.2. The van der Waals surface area contributed by atoms with E-state index in [0.717, 1.165) is 25.7 Å². The Morgan fingerprint density at radius 1 is 1.30 bits per heavy atom. The predicted octanol–water partition coefficient (Wildman–Crippen LogP) is 3.53. The van der Waals surface area contributed by atoms with Crippen LogP contribution in [0.4, 0.5) is 0 Å². The molecule has 0 unspecified atom stereocenters. The zero-order valence-electron chi connectivity index (χ0n) is 19.7.